The number of carbonyl (C=O) groups excluding carboxylic acids is 1. The average Bonchev–Trinajstić information content (AvgIpc) is 2.88. The molecule has 1 aromatic heterocycles. The number of aliphatic hydroxyl groups is 1. The summed E-state index contributed by atoms with van der Waals surface area (Å²) in [5.74, 6) is 0.642. The van der Waals surface area contributed by atoms with Gasteiger partial charge in [0.05, 0.1) is 30.9 Å². The number of pyridine rings is 1. The van der Waals surface area contributed by atoms with Crippen LogP contribution in [0.15, 0.2) is 65.7 Å². The van der Waals surface area contributed by atoms with Gasteiger partial charge in [-0.25, -0.2) is 13.4 Å². The number of carbonyl (C=O) groups is 1. The highest BCUT2D eigenvalue weighted by Crippen LogP contribution is 2.51. The zero-order valence-corrected chi connectivity index (χ0v) is 23.5. The molecule has 1 heterocycles. The van der Waals surface area contributed by atoms with Gasteiger partial charge in [-0.3, -0.25) is 9.36 Å². The third-order valence-corrected chi connectivity index (χ3v) is 8.27. The molecular formula is C26H31N2O9PS. The first kappa shape index (κ1) is 30.3. The van der Waals surface area contributed by atoms with Gasteiger partial charge in [-0.15, -0.1) is 0 Å². The summed E-state index contributed by atoms with van der Waals surface area (Å²) < 4.78 is 58.1. The van der Waals surface area contributed by atoms with Crippen LogP contribution in [0.1, 0.15) is 29.8 Å². The standard InChI is InChI=1S/C26H31N2O9PS/c1-4-35-38(31,36-5-2)18-19-6-11-25(27-17-19)28-26(30)20-14-22(34-13-12-29)16-23(15-20)37-21-7-9-24(10-8-21)39(3,32)33/h6-11,14-17,29H,4-5,12-13,18H2,1-3H3,(H,27,28,30). The van der Waals surface area contributed by atoms with Crippen molar-refractivity contribution < 1.29 is 41.4 Å². The van der Waals surface area contributed by atoms with E-state index >= 15 is 0 Å². The van der Waals surface area contributed by atoms with Gasteiger partial charge in [0.2, 0.25) is 0 Å². The van der Waals surface area contributed by atoms with E-state index in [9.17, 15) is 17.8 Å². The molecule has 11 nitrogen and oxygen atoms in total. The fraction of sp³-hybridized carbons (Fsp3) is 0.308. The van der Waals surface area contributed by atoms with Crippen molar-refractivity contribution >= 4 is 29.2 Å². The monoisotopic (exact) mass is 578 g/mol. The van der Waals surface area contributed by atoms with Crippen molar-refractivity contribution in [3.8, 4) is 17.2 Å². The summed E-state index contributed by atoms with van der Waals surface area (Å²) in [5, 5.41) is 11.8. The smallest absolute Gasteiger partial charge is 0.335 e. The topological polar surface area (TPSA) is 150 Å². The molecule has 0 atom stereocenters. The van der Waals surface area contributed by atoms with Crippen LogP contribution in [0.2, 0.25) is 0 Å². The zero-order chi connectivity index (χ0) is 28.5. The van der Waals surface area contributed by atoms with E-state index in [0.29, 0.717) is 11.3 Å². The molecule has 2 N–H and O–H groups in total. The molecule has 0 aliphatic carbocycles. The van der Waals surface area contributed by atoms with Crippen LogP contribution in [-0.2, 0) is 29.6 Å². The molecule has 0 saturated heterocycles. The maximum absolute atomic E-state index is 13.0. The van der Waals surface area contributed by atoms with Crippen LogP contribution in [0.25, 0.3) is 0 Å². The number of aliphatic hydroxyl groups excluding tert-OH is 1. The van der Waals surface area contributed by atoms with Crippen molar-refractivity contribution in [1.29, 1.82) is 0 Å². The largest absolute Gasteiger partial charge is 0.491 e. The number of hydrogen-bond donors (Lipinski definition) is 2. The van der Waals surface area contributed by atoms with Crippen LogP contribution in [0, 0.1) is 0 Å². The summed E-state index contributed by atoms with van der Waals surface area (Å²) in [6.07, 6.45) is 2.64. The van der Waals surface area contributed by atoms with Gasteiger partial charge in [0.1, 0.15) is 29.7 Å². The highest BCUT2D eigenvalue weighted by molar-refractivity contribution is 7.90. The van der Waals surface area contributed by atoms with Crippen LogP contribution in [-0.4, -0.2) is 57.1 Å². The average molecular weight is 579 g/mol. The van der Waals surface area contributed by atoms with Crippen LogP contribution in [0.3, 0.4) is 0 Å². The van der Waals surface area contributed by atoms with Crippen molar-refractivity contribution in [2.75, 3.05) is 38.0 Å². The molecule has 3 rings (SSSR count). The van der Waals surface area contributed by atoms with Gasteiger partial charge in [-0.1, -0.05) is 6.07 Å². The molecule has 0 spiro atoms. The number of amides is 1. The van der Waals surface area contributed by atoms with E-state index in [0.717, 1.165) is 6.26 Å². The van der Waals surface area contributed by atoms with E-state index in [-0.39, 0.29) is 60.4 Å². The Morgan fingerprint density at radius 1 is 0.974 bits per heavy atom. The number of rotatable bonds is 14. The predicted molar refractivity (Wildman–Crippen MR) is 145 cm³/mol. The Morgan fingerprint density at radius 3 is 2.21 bits per heavy atom. The lowest BCUT2D eigenvalue weighted by molar-refractivity contribution is 0.102. The molecule has 2 aromatic carbocycles. The minimum atomic E-state index is -3.36. The minimum absolute atomic E-state index is 0.00390. The Balaban J connectivity index is 1.77. The van der Waals surface area contributed by atoms with Gasteiger partial charge < -0.3 is 28.9 Å². The Labute approximate surface area is 227 Å². The van der Waals surface area contributed by atoms with Crippen molar-refractivity contribution in [1.82, 2.24) is 4.98 Å². The van der Waals surface area contributed by atoms with Gasteiger partial charge in [-0.05, 0) is 61.9 Å². The third-order valence-electron chi connectivity index (χ3n) is 5.08. The number of sulfone groups is 1. The second-order valence-electron chi connectivity index (χ2n) is 8.22. The predicted octanol–water partition coefficient (Wildman–Crippen LogP) is 4.67. The van der Waals surface area contributed by atoms with Crippen molar-refractivity contribution in [3.63, 3.8) is 0 Å². The first-order valence-electron chi connectivity index (χ1n) is 12.1. The molecule has 0 aliphatic heterocycles. The number of hydrogen-bond acceptors (Lipinski definition) is 10. The SMILES string of the molecule is CCOP(=O)(Cc1ccc(NC(=O)c2cc(OCCO)cc(Oc3ccc(S(C)(=O)=O)cc3)c2)nc1)OCC. The quantitative estimate of drug-likeness (QED) is 0.258. The summed E-state index contributed by atoms with van der Waals surface area (Å²) in [4.78, 5) is 17.4. The first-order valence-corrected chi connectivity index (χ1v) is 15.7. The van der Waals surface area contributed by atoms with Crippen LogP contribution in [0.4, 0.5) is 5.82 Å². The molecule has 3 aromatic rings. The highest BCUT2D eigenvalue weighted by atomic mass is 32.2. The molecule has 0 saturated carbocycles. The lowest BCUT2D eigenvalue weighted by atomic mass is 10.2. The lowest BCUT2D eigenvalue weighted by Gasteiger charge is -2.17. The zero-order valence-electron chi connectivity index (χ0n) is 21.8. The number of nitrogens with one attached hydrogen (secondary N) is 1. The molecule has 0 radical (unpaired) electrons. The van der Waals surface area contributed by atoms with Gasteiger partial charge in [0.25, 0.3) is 5.91 Å². The second-order valence-corrected chi connectivity index (χ2v) is 12.3. The Kier molecular flexibility index (Phi) is 10.6. The summed E-state index contributed by atoms with van der Waals surface area (Å²) in [5.41, 5.74) is 0.812. The van der Waals surface area contributed by atoms with Crippen molar-refractivity contribution in [3.05, 3.63) is 71.9 Å². The molecule has 210 valence electrons. The first-order chi connectivity index (χ1) is 18.5. The lowest BCUT2D eigenvalue weighted by Crippen LogP contribution is -2.13. The van der Waals surface area contributed by atoms with E-state index in [4.69, 9.17) is 23.6 Å². The van der Waals surface area contributed by atoms with E-state index in [1.165, 1.54) is 42.6 Å². The molecule has 1 amide bonds. The third kappa shape index (κ3) is 9.15. The second kappa shape index (κ2) is 13.7. The van der Waals surface area contributed by atoms with Gasteiger partial charge in [-0.2, -0.15) is 0 Å². The van der Waals surface area contributed by atoms with Crippen molar-refractivity contribution in [2.24, 2.45) is 0 Å². The fourth-order valence-corrected chi connectivity index (χ4v) is 5.73. The highest BCUT2D eigenvalue weighted by Gasteiger charge is 2.24. The maximum atomic E-state index is 13.0. The molecule has 39 heavy (non-hydrogen) atoms. The Morgan fingerprint density at radius 2 is 1.64 bits per heavy atom. The summed E-state index contributed by atoms with van der Waals surface area (Å²) in [7, 11) is -6.65. The molecule has 13 heteroatoms. The minimum Gasteiger partial charge on any atom is -0.491 e. The normalized spacial score (nSPS) is 11.7. The van der Waals surface area contributed by atoms with Gasteiger partial charge in [0.15, 0.2) is 9.84 Å². The van der Waals surface area contributed by atoms with E-state index in [1.54, 1.807) is 32.0 Å². The summed E-state index contributed by atoms with van der Waals surface area (Å²) >= 11 is 0. The van der Waals surface area contributed by atoms with Crippen molar-refractivity contribution in [2.45, 2.75) is 24.9 Å². The van der Waals surface area contributed by atoms with E-state index in [1.807, 2.05) is 0 Å². The van der Waals surface area contributed by atoms with Gasteiger partial charge in [0, 0.05) is 24.1 Å². The molecule has 0 aliphatic rings. The molecule has 0 fully saturated rings. The Hall–Kier alpha value is -3.28. The van der Waals surface area contributed by atoms with Crippen LogP contribution < -0.4 is 14.8 Å². The number of anilines is 1. The number of ether oxygens (including phenoxy) is 2. The van der Waals surface area contributed by atoms with Crippen LogP contribution in [0.5, 0.6) is 17.2 Å². The van der Waals surface area contributed by atoms with E-state index in [2.05, 4.69) is 10.3 Å². The number of benzene rings is 2. The number of aromatic nitrogens is 1. The fourth-order valence-electron chi connectivity index (χ4n) is 3.43. The maximum Gasteiger partial charge on any atom is 0.335 e. The Bertz CT molecular complexity index is 1400. The molecule has 0 unspecified atom stereocenters. The number of nitrogens with zero attached hydrogens (tertiary/aromatic N) is 1. The van der Waals surface area contributed by atoms with Crippen LogP contribution >= 0.6 is 7.60 Å². The molecular weight excluding hydrogens is 547 g/mol. The summed E-state index contributed by atoms with van der Waals surface area (Å²) in [6.45, 7) is 3.74. The summed E-state index contributed by atoms with van der Waals surface area (Å²) in [6, 6.07) is 13.6. The molecule has 0 bridgehead atoms. The van der Waals surface area contributed by atoms with Gasteiger partial charge >= 0.3 is 7.60 Å². The van der Waals surface area contributed by atoms with E-state index < -0.39 is 23.3 Å².